The van der Waals surface area contributed by atoms with Crippen molar-refractivity contribution in [1.82, 2.24) is 4.98 Å². The van der Waals surface area contributed by atoms with Crippen molar-refractivity contribution in [2.24, 2.45) is 0 Å². The molecule has 0 aliphatic heterocycles. The molecule has 5 heteroatoms. The average molecular weight is 358 g/mol. The molecule has 2 aromatic heterocycles. The van der Waals surface area contributed by atoms with Gasteiger partial charge in [0, 0.05) is 28.1 Å². The topological polar surface area (TPSA) is 56.0 Å². The van der Waals surface area contributed by atoms with E-state index in [9.17, 15) is 10.1 Å². The Morgan fingerprint density at radius 1 is 0.769 bits per heavy atom. The van der Waals surface area contributed by atoms with Crippen LogP contribution < -0.4 is 0 Å². The van der Waals surface area contributed by atoms with Crippen LogP contribution in [0.5, 0.6) is 0 Å². The monoisotopic (exact) mass is 358 g/mol. The summed E-state index contributed by atoms with van der Waals surface area (Å²) in [6, 6.07) is 24.6. The maximum Gasteiger partial charge on any atom is 0.270 e. The number of hydrogen-bond donors (Lipinski definition) is 0. The first kappa shape index (κ1) is 16.2. The van der Waals surface area contributed by atoms with Crippen molar-refractivity contribution in [2.45, 2.75) is 0 Å². The van der Waals surface area contributed by atoms with Gasteiger partial charge in [0.25, 0.3) is 5.69 Å². The second-order valence-electron chi connectivity index (χ2n) is 5.78. The molecule has 0 aliphatic rings. The largest absolute Gasteiger partial charge is 0.270 e. The zero-order valence-corrected chi connectivity index (χ0v) is 14.5. The summed E-state index contributed by atoms with van der Waals surface area (Å²) in [5.74, 6) is 0. The predicted octanol–water partition coefficient (Wildman–Crippen LogP) is 6.05. The molecular weight excluding hydrogens is 344 g/mol. The summed E-state index contributed by atoms with van der Waals surface area (Å²) >= 11 is 1.66. The number of hydrogen-bond acceptors (Lipinski definition) is 4. The van der Waals surface area contributed by atoms with E-state index in [0.717, 1.165) is 33.0 Å². The van der Waals surface area contributed by atoms with E-state index in [1.165, 1.54) is 6.07 Å². The molecule has 2 heterocycles. The molecule has 0 fully saturated rings. The second-order valence-corrected chi connectivity index (χ2v) is 6.72. The van der Waals surface area contributed by atoms with Crippen molar-refractivity contribution in [1.29, 1.82) is 0 Å². The van der Waals surface area contributed by atoms with Crippen LogP contribution in [0.2, 0.25) is 0 Å². The fourth-order valence-corrected chi connectivity index (χ4v) is 3.51. The third-order valence-electron chi connectivity index (χ3n) is 4.05. The molecule has 0 aliphatic carbocycles. The van der Waals surface area contributed by atoms with Crippen LogP contribution in [-0.4, -0.2) is 9.91 Å². The Balaban J connectivity index is 1.90. The Hall–Kier alpha value is -3.31. The summed E-state index contributed by atoms with van der Waals surface area (Å²) in [6.07, 6.45) is 0. The van der Waals surface area contributed by atoms with Crippen molar-refractivity contribution >= 4 is 17.0 Å². The molecule has 4 aromatic rings. The molecule has 0 bridgehead atoms. The van der Waals surface area contributed by atoms with Gasteiger partial charge in [-0.2, -0.15) is 0 Å². The van der Waals surface area contributed by atoms with Gasteiger partial charge in [0.1, 0.15) is 0 Å². The number of thiophene rings is 1. The van der Waals surface area contributed by atoms with E-state index >= 15 is 0 Å². The smallest absolute Gasteiger partial charge is 0.258 e. The van der Waals surface area contributed by atoms with Crippen molar-refractivity contribution in [3.8, 4) is 33.0 Å². The Kier molecular flexibility index (Phi) is 4.29. The van der Waals surface area contributed by atoms with Crippen LogP contribution in [0, 0.1) is 10.1 Å². The van der Waals surface area contributed by atoms with E-state index in [0.29, 0.717) is 0 Å². The van der Waals surface area contributed by atoms with Crippen LogP contribution in [0.4, 0.5) is 5.69 Å². The predicted molar refractivity (Wildman–Crippen MR) is 105 cm³/mol. The molecule has 0 atom stereocenters. The number of rotatable bonds is 4. The summed E-state index contributed by atoms with van der Waals surface area (Å²) in [5.41, 5.74) is 4.42. The first-order chi connectivity index (χ1) is 12.7. The van der Waals surface area contributed by atoms with E-state index in [2.05, 4.69) is 12.1 Å². The van der Waals surface area contributed by atoms with Gasteiger partial charge in [-0.15, -0.1) is 11.3 Å². The van der Waals surface area contributed by atoms with Gasteiger partial charge in [0.2, 0.25) is 0 Å². The summed E-state index contributed by atoms with van der Waals surface area (Å²) in [7, 11) is 0. The van der Waals surface area contributed by atoms with Crippen LogP contribution in [0.3, 0.4) is 0 Å². The lowest BCUT2D eigenvalue weighted by molar-refractivity contribution is -0.384. The van der Waals surface area contributed by atoms with Crippen LogP contribution in [0.1, 0.15) is 0 Å². The number of non-ortho nitro benzene ring substituents is 1. The fourth-order valence-electron chi connectivity index (χ4n) is 2.80. The average Bonchev–Trinajstić information content (AvgIpc) is 3.23. The number of nitrogens with zero attached hydrogens (tertiary/aromatic N) is 2. The van der Waals surface area contributed by atoms with Gasteiger partial charge in [-0.3, -0.25) is 10.1 Å². The molecule has 0 radical (unpaired) electrons. The van der Waals surface area contributed by atoms with Gasteiger partial charge < -0.3 is 0 Å². The third-order valence-corrected chi connectivity index (χ3v) is 4.97. The first-order valence-electron chi connectivity index (χ1n) is 8.07. The SMILES string of the molecule is O=[N+]([O-])c1cccc(-c2cc(-c3cccs3)cc(-c3ccccc3)n2)c1. The zero-order valence-electron chi connectivity index (χ0n) is 13.7. The summed E-state index contributed by atoms with van der Waals surface area (Å²) in [6.45, 7) is 0. The Bertz CT molecular complexity index is 1060. The normalized spacial score (nSPS) is 10.6. The van der Waals surface area contributed by atoms with Gasteiger partial charge in [0.15, 0.2) is 0 Å². The maximum atomic E-state index is 11.1. The van der Waals surface area contributed by atoms with Gasteiger partial charge in [-0.05, 0) is 29.1 Å². The minimum atomic E-state index is -0.384. The molecule has 0 saturated heterocycles. The highest BCUT2D eigenvalue weighted by molar-refractivity contribution is 7.13. The second kappa shape index (κ2) is 6.90. The van der Waals surface area contributed by atoms with E-state index < -0.39 is 0 Å². The molecule has 2 aromatic carbocycles. The maximum absolute atomic E-state index is 11.1. The summed E-state index contributed by atoms with van der Waals surface area (Å²) in [4.78, 5) is 16.6. The van der Waals surface area contributed by atoms with Crippen molar-refractivity contribution in [3.05, 3.63) is 94.4 Å². The number of pyridine rings is 1. The van der Waals surface area contributed by atoms with Crippen molar-refractivity contribution < 1.29 is 4.92 Å². The highest BCUT2D eigenvalue weighted by atomic mass is 32.1. The molecule has 0 unspecified atom stereocenters. The third kappa shape index (κ3) is 3.25. The van der Waals surface area contributed by atoms with E-state index in [4.69, 9.17) is 4.98 Å². The lowest BCUT2D eigenvalue weighted by atomic mass is 10.0. The Morgan fingerprint density at radius 3 is 2.19 bits per heavy atom. The van der Waals surface area contributed by atoms with Gasteiger partial charge in [0.05, 0.1) is 16.3 Å². The van der Waals surface area contributed by atoms with Crippen LogP contribution in [0.25, 0.3) is 33.0 Å². The molecular formula is C21H14N2O2S. The number of aromatic nitrogens is 1. The van der Waals surface area contributed by atoms with Gasteiger partial charge in [-0.1, -0.05) is 48.5 Å². The highest BCUT2D eigenvalue weighted by Crippen LogP contribution is 2.33. The van der Waals surface area contributed by atoms with Crippen molar-refractivity contribution in [3.63, 3.8) is 0 Å². The first-order valence-corrected chi connectivity index (χ1v) is 8.95. The fraction of sp³-hybridized carbons (Fsp3) is 0. The standard InChI is InChI=1S/C21H14N2O2S/c24-23(25)18-9-4-8-16(12-18)20-14-17(21-10-5-11-26-21)13-19(22-20)15-6-2-1-3-7-15/h1-14H. The minimum absolute atomic E-state index is 0.0621. The quantitative estimate of drug-likeness (QED) is 0.329. The number of benzene rings is 2. The van der Waals surface area contributed by atoms with E-state index in [1.54, 1.807) is 23.5 Å². The lowest BCUT2D eigenvalue weighted by Crippen LogP contribution is -1.92. The molecule has 0 spiro atoms. The molecule has 4 rings (SSSR count). The molecule has 26 heavy (non-hydrogen) atoms. The van der Waals surface area contributed by atoms with E-state index in [-0.39, 0.29) is 10.6 Å². The van der Waals surface area contributed by atoms with Crippen LogP contribution in [0.15, 0.2) is 84.2 Å². The summed E-state index contributed by atoms with van der Waals surface area (Å²) < 4.78 is 0. The molecule has 0 amide bonds. The van der Waals surface area contributed by atoms with Crippen molar-refractivity contribution in [2.75, 3.05) is 0 Å². The number of nitro groups is 1. The van der Waals surface area contributed by atoms with Crippen LogP contribution in [-0.2, 0) is 0 Å². The summed E-state index contributed by atoms with van der Waals surface area (Å²) in [5, 5.41) is 13.1. The van der Waals surface area contributed by atoms with Gasteiger partial charge >= 0.3 is 0 Å². The molecule has 0 saturated carbocycles. The highest BCUT2D eigenvalue weighted by Gasteiger charge is 2.12. The Labute approximate surface area is 154 Å². The zero-order chi connectivity index (χ0) is 17.9. The lowest BCUT2D eigenvalue weighted by Gasteiger charge is -2.09. The number of nitro benzene ring substituents is 1. The van der Waals surface area contributed by atoms with E-state index in [1.807, 2.05) is 53.9 Å². The molecule has 4 nitrogen and oxygen atoms in total. The minimum Gasteiger partial charge on any atom is -0.258 e. The molecule has 0 N–H and O–H groups in total. The molecule has 126 valence electrons. The van der Waals surface area contributed by atoms with Crippen LogP contribution >= 0.6 is 11.3 Å². The Morgan fingerprint density at radius 2 is 1.50 bits per heavy atom. The van der Waals surface area contributed by atoms with Gasteiger partial charge in [-0.25, -0.2) is 4.98 Å².